The summed E-state index contributed by atoms with van der Waals surface area (Å²) in [5.41, 5.74) is 2.50. The number of fused-ring (bicyclic) bond motifs is 4. The topological polar surface area (TPSA) is 45.0 Å². The summed E-state index contributed by atoms with van der Waals surface area (Å²) in [5, 5.41) is 8.54. The highest BCUT2D eigenvalue weighted by atomic mass is 16.2. The van der Waals surface area contributed by atoms with Gasteiger partial charge in [0.1, 0.15) is 0 Å². The zero-order chi connectivity index (χ0) is 13.0. The van der Waals surface area contributed by atoms with Crippen molar-refractivity contribution in [2.75, 3.05) is 11.9 Å². The van der Waals surface area contributed by atoms with E-state index >= 15 is 0 Å². The molecule has 0 aliphatic carbocycles. The first-order valence-corrected chi connectivity index (χ1v) is 6.15. The van der Waals surface area contributed by atoms with E-state index < -0.39 is 5.54 Å². The molecule has 0 bridgehead atoms. The number of azo groups is 1. The molecule has 1 amide bonds. The molecule has 4 rings (SSSR count). The summed E-state index contributed by atoms with van der Waals surface area (Å²) in [6, 6.07) is 15.4. The highest BCUT2D eigenvalue weighted by Gasteiger charge is 2.54. The molecule has 0 saturated carbocycles. The van der Waals surface area contributed by atoms with Gasteiger partial charge in [-0.05, 0) is 12.1 Å². The number of para-hydroxylation sites is 1. The molecule has 1 atom stereocenters. The molecule has 2 aromatic rings. The van der Waals surface area contributed by atoms with E-state index in [2.05, 4.69) is 10.2 Å². The lowest BCUT2D eigenvalue weighted by Gasteiger charge is -2.19. The van der Waals surface area contributed by atoms with Crippen LogP contribution < -0.4 is 4.90 Å². The smallest absolute Gasteiger partial charge is 0.266 e. The van der Waals surface area contributed by atoms with E-state index in [1.54, 1.807) is 11.9 Å². The predicted molar refractivity (Wildman–Crippen MR) is 71.6 cm³/mol. The monoisotopic (exact) mass is 249 g/mol. The Bertz CT molecular complexity index is 738. The van der Waals surface area contributed by atoms with Crippen LogP contribution in [0.25, 0.3) is 0 Å². The molecule has 0 saturated heterocycles. The fourth-order valence-electron chi connectivity index (χ4n) is 2.95. The molecule has 2 aromatic carbocycles. The van der Waals surface area contributed by atoms with Crippen molar-refractivity contribution in [3.8, 4) is 0 Å². The van der Waals surface area contributed by atoms with Crippen LogP contribution in [0.4, 0.5) is 11.4 Å². The van der Waals surface area contributed by atoms with Gasteiger partial charge < -0.3 is 4.90 Å². The second-order valence-corrected chi connectivity index (χ2v) is 4.81. The fraction of sp³-hybridized carbons (Fsp3) is 0.133. The molecule has 92 valence electrons. The predicted octanol–water partition coefficient (Wildman–Crippen LogP) is 3.00. The van der Waals surface area contributed by atoms with Gasteiger partial charge in [0.15, 0.2) is 0 Å². The summed E-state index contributed by atoms with van der Waals surface area (Å²) in [4.78, 5) is 14.4. The number of anilines is 1. The molecule has 19 heavy (non-hydrogen) atoms. The molecule has 0 fully saturated rings. The van der Waals surface area contributed by atoms with Crippen LogP contribution in [0.5, 0.6) is 0 Å². The second-order valence-electron chi connectivity index (χ2n) is 4.81. The lowest BCUT2D eigenvalue weighted by Crippen LogP contribution is -2.36. The first kappa shape index (κ1) is 10.4. The van der Waals surface area contributed by atoms with Gasteiger partial charge in [-0.2, -0.15) is 10.2 Å². The summed E-state index contributed by atoms with van der Waals surface area (Å²) in [7, 11) is 1.78. The van der Waals surface area contributed by atoms with Crippen molar-refractivity contribution in [3.05, 3.63) is 59.7 Å². The fourth-order valence-corrected chi connectivity index (χ4v) is 2.95. The number of benzene rings is 2. The maximum Gasteiger partial charge on any atom is 0.266 e. The molecular weight excluding hydrogens is 238 g/mol. The van der Waals surface area contributed by atoms with Gasteiger partial charge in [-0.15, -0.1) is 0 Å². The zero-order valence-electron chi connectivity index (χ0n) is 10.4. The first-order chi connectivity index (χ1) is 9.25. The molecular formula is C15H11N3O. The summed E-state index contributed by atoms with van der Waals surface area (Å²) in [5.74, 6) is -0.0394. The molecule has 4 heteroatoms. The third kappa shape index (κ3) is 1.07. The van der Waals surface area contributed by atoms with Crippen molar-refractivity contribution in [1.82, 2.24) is 0 Å². The van der Waals surface area contributed by atoms with Crippen LogP contribution in [0.3, 0.4) is 0 Å². The number of carbonyl (C=O) groups is 1. The minimum Gasteiger partial charge on any atom is -0.312 e. The van der Waals surface area contributed by atoms with Crippen LogP contribution in [0.1, 0.15) is 11.1 Å². The largest absolute Gasteiger partial charge is 0.312 e. The van der Waals surface area contributed by atoms with Crippen molar-refractivity contribution in [2.24, 2.45) is 10.2 Å². The number of likely N-dealkylation sites (N-methyl/N-ethyl adjacent to an activating group) is 1. The van der Waals surface area contributed by atoms with Crippen molar-refractivity contribution < 1.29 is 4.79 Å². The molecule has 1 spiro atoms. The number of hydrogen-bond acceptors (Lipinski definition) is 3. The lowest BCUT2D eigenvalue weighted by molar-refractivity contribution is -0.121. The zero-order valence-corrected chi connectivity index (χ0v) is 10.4. The molecule has 2 aliphatic heterocycles. The van der Waals surface area contributed by atoms with Gasteiger partial charge in [-0.3, -0.25) is 4.79 Å². The number of rotatable bonds is 0. The Hall–Kier alpha value is -2.49. The van der Waals surface area contributed by atoms with Crippen LogP contribution >= 0.6 is 0 Å². The number of hydrogen-bond donors (Lipinski definition) is 0. The Morgan fingerprint density at radius 3 is 2.53 bits per heavy atom. The van der Waals surface area contributed by atoms with E-state index in [0.29, 0.717) is 0 Å². The molecule has 2 heterocycles. The van der Waals surface area contributed by atoms with Crippen molar-refractivity contribution in [1.29, 1.82) is 0 Å². The van der Waals surface area contributed by atoms with Gasteiger partial charge in [0.05, 0.1) is 5.69 Å². The van der Waals surface area contributed by atoms with Crippen molar-refractivity contribution in [3.63, 3.8) is 0 Å². The molecule has 0 radical (unpaired) electrons. The average Bonchev–Trinajstić information content (AvgIpc) is 2.95. The normalized spacial score (nSPS) is 23.0. The van der Waals surface area contributed by atoms with Gasteiger partial charge in [0.25, 0.3) is 5.91 Å². The van der Waals surface area contributed by atoms with E-state index in [-0.39, 0.29) is 5.91 Å². The summed E-state index contributed by atoms with van der Waals surface area (Å²) < 4.78 is 0. The van der Waals surface area contributed by atoms with Crippen LogP contribution in [0.15, 0.2) is 58.8 Å². The molecule has 4 nitrogen and oxygen atoms in total. The van der Waals surface area contributed by atoms with Crippen LogP contribution in [0.2, 0.25) is 0 Å². The minimum absolute atomic E-state index is 0.0394. The van der Waals surface area contributed by atoms with E-state index in [9.17, 15) is 4.79 Å². The summed E-state index contributed by atoms with van der Waals surface area (Å²) in [6.07, 6.45) is 0. The van der Waals surface area contributed by atoms with E-state index in [4.69, 9.17) is 0 Å². The maximum atomic E-state index is 12.7. The molecule has 1 unspecified atom stereocenters. The highest BCUT2D eigenvalue weighted by Crippen LogP contribution is 2.52. The Labute approximate surface area is 110 Å². The second kappa shape index (κ2) is 3.29. The van der Waals surface area contributed by atoms with Gasteiger partial charge in [0, 0.05) is 23.9 Å². The third-order valence-electron chi connectivity index (χ3n) is 3.87. The minimum atomic E-state index is -0.970. The van der Waals surface area contributed by atoms with Gasteiger partial charge in [-0.1, -0.05) is 36.4 Å². The lowest BCUT2D eigenvalue weighted by atomic mass is 9.85. The Morgan fingerprint density at radius 1 is 1.00 bits per heavy atom. The number of nitrogens with zero attached hydrogens (tertiary/aromatic N) is 3. The Kier molecular flexibility index (Phi) is 1.81. The maximum absolute atomic E-state index is 12.7. The van der Waals surface area contributed by atoms with Gasteiger partial charge in [0.2, 0.25) is 5.54 Å². The molecule has 2 aliphatic rings. The quantitative estimate of drug-likeness (QED) is 0.707. The van der Waals surface area contributed by atoms with Crippen LogP contribution in [-0.2, 0) is 10.3 Å². The summed E-state index contributed by atoms with van der Waals surface area (Å²) in [6.45, 7) is 0. The third-order valence-corrected chi connectivity index (χ3v) is 3.87. The standard InChI is InChI=1S/C15H11N3O/c1-18-13-9-5-3-7-11(13)15(14(18)19)10-6-2-4-8-12(10)16-17-15/h2-9H,1H3. The van der Waals surface area contributed by atoms with Gasteiger partial charge in [-0.25, -0.2) is 0 Å². The van der Waals surface area contributed by atoms with Crippen LogP contribution in [-0.4, -0.2) is 13.0 Å². The van der Waals surface area contributed by atoms with Gasteiger partial charge >= 0.3 is 0 Å². The Morgan fingerprint density at radius 2 is 1.68 bits per heavy atom. The van der Waals surface area contributed by atoms with Crippen molar-refractivity contribution >= 4 is 17.3 Å². The highest BCUT2D eigenvalue weighted by molar-refractivity contribution is 6.10. The first-order valence-electron chi connectivity index (χ1n) is 6.15. The van der Waals surface area contributed by atoms with E-state index in [1.807, 2.05) is 48.5 Å². The molecule has 0 aromatic heterocycles. The van der Waals surface area contributed by atoms with Crippen LogP contribution in [0, 0.1) is 0 Å². The Balaban J connectivity index is 2.09. The van der Waals surface area contributed by atoms with E-state index in [1.165, 1.54) is 0 Å². The van der Waals surface area contributed by atoms with E-state index in [0.717, 1.165) is 22.5 Å². The van der Waals surface area contributed by atoms with Crippen molar-refractivity contribution in [2.45, 2.75) is 5.54 Å². The summed E-state index contributed by atoms with van der Waals surface area (Å²) >= 11 is 0. The molecule has 0 N–H and O–H groups in total. The SMILES string of the molecule is CN1C(=O)C2(N=Nc3ccccc32)c2ccccc21. The number of carbonyl (C=O) groups excluding carboxylic acids is 1. The average molecular weight is 249 g/mol. The number of amides is 1.